The average Bonchev–Trinajstić information content (AvgIpc) is 2.47. The number of nitrogens with zero attached hydrogens (tertiary/aromatic N) is 1. The molecule has 1 aromatic heterocycles. The van der Waals surface area contributed by atoms with Crippen LogP contribution < -0.4 is 5.32 Å². The van der Waals surface area contributed by atoms with Crippen LogP contribution in [0.2, 0.25) is 0 Å². The number of nitrogens with one attached hydrogen (secondary N) is 1. The summed E-state index contributed by atoms with van der Waals surface area (Å²) in [6, 6.07) is 4.35. The topological polar surface area (TPSA) is 28.4 Å². The Labute approximate surface area is 93.6 Å². The molecule has 1 heterocycles. The molecule has 0 bridgehead atoms. The predicted molar refractivity (Wildman–Crippen MR) is 61.3 cm³/mol. The fraction of sp³-hybridized carbons (Fsp3) is 0.600. The summed E-state index contributed by atoms with van der Waals surface area (Å²) in [5.41, 5.74) is 0. The van der Waals surface area contributed by atoms with Crippen LogP contribution in [-0.4, -0.2) is 31.6 Å². The van der Waals surface area contributed by atoms with Gasteiger partial charge in [-0.3, -0.25) is 0 Å². The van der Waals surface area contributed by atoms with Gasteiger partial charge in [0.05, 0.1) is 6.54 Å². The largest absolute Gasteiger partial charge is 0.453 e. The summed E-state index contributed by atoms with van der Waals surface area (Å²) < 4.78 is 6.17. The van der Waals surface area contributed by atoms with E-state index in [0.717, 1.165) is 23.5 Å². The summed E-state index contributed by atoms with van der Waals surface area (Å²) in [5.74, 6) is 0.961. The first kappa shape index (κ1) is 11.8. The maximum Gasteiger partial charge on any atom is 0.169 e. The Morgan fingerprint density at radius 3 is 2.71 bits per heavy atom. The standard InChI is InChI=1S/C10H17BrN2O/c1-8(7-13(2)3)12-6-9-4-5-10(11)14-9/h4-5,8,12H,6-7H2,1-3H3. The number of hydrogen-bond donors (Lipinski definition) is 1. The lowest BCUT2D eigenvalue weighted by atomic mass is 10.3. The van der Waals surface area contributed by atoms with Crippen LogP contribution in [0.25, 0.3) is 0 Å². The quantitative estimate of drug-likeness (QED) is 0.879. The van der Waals surface area contributed by atoms with Crippen molar-refractivity contribution in [2.75, 3.05) is 20.6 Å². The summed E-state index contributed by atoms with van der Waals surface area (Å²) in [6.45, 7) is 3.97. The first-order valence-electron chi connectivity index (χ1n) is 4.70. The van der Waals surface area contributed by atoms with Gasteiger partial charge in [-0.25, -0.2) is 0 Å². The molecular formula is C10H17BrN2O. The van der Waals surface area contributed by atoms with Crippen molar-refractivity contribution < 1.29 is 4.42 Å². The van der Waals surface area contributed by atoms with Crippen molar-refractivity contribution in [2.45, 2.75) is 19.5 Å². The predicted octanol–water partition coefficient (Wildman–Crippen LogP) is 2.08. The van der Waals surface area contributed by atoms with Gasteiger partial charge in [0, 0.05) is 12.6 Å². The molecule has 0 amide bonds. The van der Waals surface area contributed by atoms with Gasteiger partial charge >= 0.3 is 0 Å². The molecule has 0 aliphatic carbocycles. The van der Waals surface area contributed by atoms with Gasteiger partial charge in [-0.05, 0) is 49.1 Å². The minimum absolute atomic E-state index is 0.467. The molecule has 1 N–H and O–H groups in total. The van der Waals surface area contributed by atoms with E-state index in [2.05, 4.69) is 47.2 Å². The molecule has 14 heavy (non-hydrogen) atoms. The van der Waals surface area contributed by atoms with Crippen LogP contribution in [0.3, 0.4) is 0 Å². The number of rotatable bonds is 5. The van der Waals surface area contributed by atoms with Crippen molar-refractivity contribution >= 4 is 15.9 Å². The Kier molecular flexibility index (Phi) is 4.65. The lowest BCUT2D eigenvalue weighted by molar-refractivity contribution is 0.340. The van der Waals surface area contributed by atoms with Gasteiger partial charge in [0.2, 0.25) is 0 Å². The number of hydrogen-bond acceptors (Lipinski definition) is 3. The van der Waals surface area contributed by atoms with Crippen LogP contribution in [0.5, 0.6) is 0 Å². The smallest absolute Gasteiger partial charge is 0.169 e. The number of furan rings is 1. The second kappa shape index (κ2) is 5.53. The third-order valence-corrected chi connectivity index (χ3v) is 2.32. The Morgan fingerprint density at radius 1 is 1.50 bits per heavy atom. The Balaban J connectivity index is 2.26. The molecule has 0 aromatic carbocycles. The average molecular weight is 261 g/mol. The van der Waals surface area contributed by atoms with Crippen molar-refractivity contribution in [3.05, 3.63) is 22.6 Å². The first-order chi connectivity index (χ1) is 6.58. The maximum absolute atomic E-state index is 5.38. The van der Waals surface area contributed by atoms with E-state index in [1.165, 1.54) is 0 Å². The highest BCUT2D eigenvalue weighted by molar-refractivity contribution is 9.10. The molecule has 0 saturated carbocycles. The molecule has 1 aromatic rings. The summed E-state index contributed by atoms with van der Waals surface area (Å²) in [7, 11) is 4.14. The van der Waals surface area contributed by atoms with E-state index in [1.54, 1.807) is 0 Å². The second-order valence-electron chi connectivity index (χ2n) is 3.75. The highest BCUT2D eigenvalue weighted by Gasteiger charge is 2.04. The number of halogens is 1. The lowest BCUT2D eigenvalue weighted by Crippen LogP contribution is -2.35. The van der Waals surface area contributed by atoms with Gasteiger partial charge < -0.3 is 14.6 Å². The van der Waals surface area contributed by atoms with Crippen molar-refractivity contribution in [3.8, 4) is 0 Å². The van der Waals surface area contributed by atoms with Crippen molar-refractivity contribution in [2.24, 2.45) is 0 Å². The van der Waals surface area contributed by atoms with Crippen molar-refractivity contribution in [1.82, 2.24) is 10.2 Å². The van der Waals surface area contributed by atoms with Crippen molar-refractivity contribution in [3.63, 3.8) is 0 Å². The Hall–Kier alpha value is -0.320. The van der Waals surface area contributed by atoms with Gasteiger partial charge in [0.25, 0.3) is 0 Å². The van der Waals surface area contributed by atoms with E-state index >= 15 is 0 Å². The van der Waals surface area contributed by atoms with E-state index in [1.807, 2.05) is 12.1 Å². The third kappa shape index (κ3) is 4.26. The highest BCUT2D eigenvalue weighted by atomic mass is 79.9. The zero-order valence-electron chi connectivity index (χ0n) is 8.88. The summed E-state index contributed by atoms with van der Waals surface area (Å²) in [5, 5.41) is 3.39. The number of likely N-dealkylation sites (N-methyl/N-ethyl adjacent to an activating group) is 1. The van der Waals surface area contributed by atoms with Gasteiger partial charge in [0.15, 0.2) is 4.67 Å². The van der Waals surface area contributed by atoms with Crippen LogP contribution in [0.15, 0.2) is 21.2 Å². The molecule has 0 spiro atoms. The molecule has 0 fully saturated rings. The second-order valence-corrected chi connectivity index (χ2v) is 4.53. The van der Waals surface area contributed by atoms with E-state index < -0.39 is 0 Å². The molecule has 1 unspecified atom stereocenters. The monoisotopic (exact) mass is 260 g/mol. The van der Waals surface area contributed by atoms with Crippen LogP contribution >= 0.6 is 15.9 Å². The molecule has 1 rings (SSSR count). The maximum atomic E-state index is 5.38. The molecule has 0 aliphatic rings. The first-order valence-corrected chi connectivity index (χ1v) is 5.49. The normalized spacial score (nSPS) is 13.5. The molecular weight excluding hydrogens is 244 g/mol. The van der Waals surface area contributed by atoms with Crippen LogP contribution in [0.4, 0.5) is 0 Å². The molecule has 0 aliphatic heterocycles. The highest BCUT2D eigenvalue weighted by Crippen LogP contribution is 2.13. The third-order valence-electron chi connectivity index (χ3n) is 1.89. The lowest BCUT2D eigenvalue weighted by Gasteiger charge is -2.17. The van der Waals surface area contributed by atoms with E-state index in [0.29, 0.717) is 6.04 Å². The molecule has 80 valence electrons. The Morgan fingerprint density at radius 2 is 2.21 bits per heavy atom. The van der Waals surface area contributed by atoms with E-state index in [4.69, 9.17) is 4.42 Å². The van der Waals surface area contributed by atoms with Crippen LogP contribution in [0.1, 0.15) is 12.7 Å². The van der Waals surface area contributed by atoms with Gasteiger partial charge in [0.1, 0.15) is 5.76 Å². The summed E-state index contributed by atoms with van der Waals surface area (Å²) in [6.07, 6.45) is 0. The minimum Gasteiger partial charge on any atom is -0.453 e. The minimum atomic E-state index is 0.467. The fourth-order valence-corrected chi connectivity index (χ4v) is 1.67. The molecule has 4 heteroatoms. The van der Waals surface area contributed by atoms with Crippen LogP contribution in [0, 0.1) is 0 Å². The molecule has 1 atom stereocenters. The summed E-state index contributed by atoms with van der Waals surface area (Å²) in [4.78, 5) is 2.16. The SMILES string of the molecule is CC(CN(C)C)NCc1ccc(Br)o1. The zero-order chi connectivity index (χ0) is 10.6. The Bertz CT molecular complexity index is 273. The molecule has 0 saturated heterocycles. The fourth-order valence-electron chi connectivity index (χ4n) is 1.33. The van der Waals surface area contributed by atoms with Gasteiger partial charge in [-0.1, -0.05) is 0 Å². The van der Waals surface area contributed by atoms with Gasteiger partial charge in [-0.15, -0.1) is 0 Å². The van der Waals surface area contributed by atoms with Crippen LogP contribution in [-0.2, 0) is 6.54 Å². The summed E-state index contributed by atoms with van der Waals surface area (Å²) >= 11 is 3.28. The van der Waals surface area contributed by atoms with Gasteiger partial charge in [-0.2, -0.15) is 0 Å². The molecule has 3 nitrogen and oxygen atoms in total. The zero-order valence-corrected chi connectivity index (χ0v) is 10.5. The van der Waals surface area contributed by atoms with E-state index in [9.17, 15) is 0 Å². The van der Waals surface area contributed by atoms with E-state index in [-0.39, 0.29) is 0 Å². The molecule has 0 radical (unpaired) electrons. The van der Waals surface area contributed by atoms with Crippen molar-refractivity contribution in [1.29, 1.82) is 0 Å².